The number of anilines is 1. The molecule has 0 radical (unpaired) electrons. The molecule has 0 aliphatic carbocycles. The third kappa shape index (κ3) is 2.82. The lowest BCUT2D eigenvalue weighted by Gasteiger charge is -2.33. The summed E-state index contributed by atoms with van der Waals surface area (Å²) in [6.07, 6.45) is 1.66. The van der Waals surface area contributed by atoms with Crippen molar-refractivity contribution < 1.29 is 4.74 Å². The maximum Gasteiger partial charge on any atom is 0.226 e. The minimum Gasteiger partial charge on any atom is -0.481 e. The first kappa shape index (κ1) is 12.7. The van der Waals surface area contributed by atoms with Gasteiger partial charge in [-0.15, -0.1) is 0 Å². The fraction of sp³-hybridized carbons (Fsp3) is 0.636. The molecule has 0 fully saturated rings. The van der Waals surface area contributed by atoms with Crippen LogP contribution in [-0.4, -0.2) is 29.2 Å². The molecular formula is C11H20N4O. The van der Waals surface area contributed by atoms with Gasteiger partial charge in [-0.05, 0) is 12.8 Å². The van der Waals surface area contributed by atoms with Gasteiger partial charge in [-0.25, -0.2) is 4.98 Å². The summed E-state index contributed by atoms with van der Waals surface area (Å²) < 4.78 is 5.04. The Morgan fingerprint density at radius 3 is 2.75 bits per heavy atom. The van der Waals surface area contributed by atoms with Crippen LogP contribution in [0.15, 0.2) is 12.3 Å². The van der Waals surface area contributed by atoms with Crippen LogP contribution in [0.25, 0.3) is 0 Å². The van der Waals surface area contributed by atoms with Gasteiger partial charge >= 0.3 is 0 Å². The van der Waals surface area contributed by atoms with Crippen LogP contribution in [0, 0.1) is 5.92 Å². The highest BCUT2D eigenvalue weighted by Crippen LogP contribution is 2.20. The number of rotatable bonds is 5. The summed E-state index contributed by atoms with van der Waals surface area (Å²) in [5, 5.41) is 3.25. The van der Waals surface area contributed by atoms with E-state index in [1.54, 1.807) is 19.4 Å². The molecule has 0 amide bonds. The van der Waals surface area contributed by atoms with E-state index in [2.05, 4.69) is 36.1 Å². The zero-order chi connectivity index (χ0) is 12.2. The van der Waals surface area contributed by atoms with Crippen molar-refractivity contribution in [3.63, 3.8) is 0 Å². The lowest BCUT2D eigenvalue weighted by molar-refractivity contribution is 0.375. The first-order valence-corrected chi connectivity index (χ1v) is 5.37. The zero-order valence-corrected chi connectivity index (χ0v) is 10.3. The molecule has 90 valence electrons. The van der Waals surface area contributed by atoms with Gasteiger partial charge < -0.3 is 15.8 Å². The van der Waals surface area contributed by atoms with Gasteiger partial charge in [0.25, 0.3) is 0 Å². The molecule has 5 nitrogen and oxygen atoms in total. The fourth-order valence-corrected chi connectivity index (χ4v) is 1.20. The second-order valence-electron chi connectivity index (χ2n) is 4.32. The van der Waals surface area contributed by atoms with E-state index < -0.39 is 0 Å². The van der Waals surface area contributed by atoms with E-state index in [1.165, 1.54) is 0 Å². The molecule has 1 unspecified atom stereocenters. The highest BCUT2D eigenvalue weighted by atomic mass is 16.5. The van der Waals surface area contributed by atoms with E-state index in [0.717, 1.165) is 0 Å². The van der Waals surface area contributed by atoms with Gasteiger partial charge in [0.2, 0.25) is 11.8 Å². The van der Waals surface area contributed by atoms with Gasteiger partial charge in [0.1, 0.15) is 0 Å². The molecule has 16 heavy (non-hydrogen) atoms. The SMILES string of the molecule is COc1ccnc(NC(C)(CN)C(C)C)n1. The molecule has 1 heterocycles. The van der Waals surface area contributed by atoms with E-state index in [4.69, 9.17) is 10.5 Å². The highest BCUT2D eigenvalue weighted by molar-refractivity contribution is 5.31. The van der Waals surface area contributed by atoms with Crippen LogP contribution in [0.2, 0.25) is 0 Å². The Morgan fingerprint density at radius 2 is 2.25 bits per heavy atom. The zero-order valence-electron chi connectivity index (χ0n) is 10.3. The second kappa shape index (κ2) is 5.12. The molecule has 1 rings (SSSR count). The quantitative estimate of drug-likeness (QED) is 0.788. The highest BCUT2D eigenvalue weighted by Gasteiger charge is 2.27. The lowest BCUT2D eigenvalue weighted by Crippen LogP contribution is -2.47. The Morgan fingerprint density at radius 1 is 1.56 bits per heavy atom. The van der Waals surface area contributed by atoms with Crippen molar-refractivity contribution in [2.24, 2.45) is 11.7 Å². The number of methoxy groups -OCH3 is 1. The van der Waals surface area contributed by atoms with Crippen molar-refractivity contribution in [3.8, 4) is 5.88 Å². The first-order valence-electron chi connectivity index (χ1n) is 5.37. The van der Waals surface area contributed by atoms with Gasteiger partial charge in [-0.3, -0.25) is 0 Å². The molecule has 0 aliphatic heterocycles. The normalized spacial score (nSPS) is 14.6. The third-order valence-electron chi connectivity index (χ3n) is 2.93. The van der Waals surface area contributed by atoms with Crippen LogP contribution in [-0.2, 0) is 0 Å². The monoisotopic (exact) mass is 224 g/mol. The summed E-state index contributed by atoms with van der Waals surface area (Å²) in [6.45, 7) is 6.80. The molecule has 1 aromatic heterocycles. The van der Waals surface area contributed by atoms with Crippen molar-refractivity contribution in [2.75, 3.05) is 19.0 Å². The molecule has 0 spiro atoms. The average Bonchev–Trinajstić information content (AvgIpc) is 2.29. The van der Waals surface area contributed by atoms with E-state index >= 15 is 0 Å². The van der Waals surface area contributed by atoms with Crippen LogP contribution in [0.5, 0.6) is 5.88 Å². The predicted octanol–water partition coefficient (Wildman–Crippen LogP) is 1.27. The summed E-state index contributed by atoms with van der Waals surface area (Å²) in [5.41, 5.74) is 5.56. The third-order valence-corrected chi connectivity index (χ3v) is 2.93. The van der Waals surface area contributed by atoms with Gasteiger partial charge in [0.15, 0.2) is 0 Å². The molecule has 3 N–H and O–H groups in total. The molecule has 0 saturated heterocycles. The Kier molecular flexibility index (Phi) is 4.06. The van der Waals surface area contributed by atoms with E-state index in [9.17, 15) is 0 Å². The smallest absolute Gasteiger partial charge is 0.226 e. The van der Waals surface area contributed by atoms with Crippen LogP contribution in [0.4, 0.5) is 5.95 Å². The molecule has 1 atom stereocenters. The van der Waals surface area contributed by atoms with Gasteiger partial charge in [-0.1, -0.05) is 13.8 Å². The molecular weight excluding hydrogens is 204 g/mol. The van der Waals surface area contributed by atoms with E-state index in [-0.39, 0.29) is 5.54 Å². The lowest BCUT2D eigenvalue weighted by atomic mass is 9.89. The molecule has 0 saturated carbocycles. The number of nitrogens with one attached hydrogen (secondary N) is 1. The van der Waals surface area contributed by atoms with Crippen molar-refractivity contribution in [2.45, 2.75) is 26.3 Å². The standard InChI is InChI=1S/C11H20N4O/c1-8(2)11(3,7-12)15-10-13-6-5-9(14-10)16-4/h5-6,8H,7,12H2,1-4H3,(H,13,14,15). The van der Waals surface area contributed by atoms with Crippen molar-refractivity contribution in [3.05, 3.63) is 12.3 Å². The topological polar surface area (TPSA) is 73.1 Å². The van der Waals surface area contributed by atoms with Crippen LogP contribution in [0.1, 0.15) is 20.8 Å². The molecule has 0 bridgehead atoms. The summed E-state index contributed by atoms with van der Waals surface area (Å²) in [5.74, 6) is 1.47. The van der Waals surface area contributed by atoms with Gasteiger partial charge in [0, 0.05) is 18.8 Å². The molecule has 5 heteroatoms. The minimum absolute atomic E-state index is 0.216. The minimum atomic E-state index is -0.216. The summed E-state index contributed by atoms with van der Waals surface area (Å²) in [7, 11) is 1.58. The average molecular weight is 224 g/mol. The van der Waals surface area contributed by atoms with Crippen molar-refractivity contribution in [1.29, 1.82) is 0 Å². The number of hydrogen-bond acceptors (Lipinski definition) is 5. The van der Waals surface area contributed by atoms with Gasteiger partial charge in [-0.2, -0.15) is 4.98 Å². The second-order valence-corrected chi connectivity index (χ2v) is 4.32. The molecule has 0 aromatic carbocycles. The Bertz CT molecular complexity index is 343. The number of ether oxygens (including phenoxy) is 1. The first-order chi connectivity index (χ1) is 7.51. The molecule has 1 aromatic rings. The Hall–Kier alpha value is -1.36. The van der Waals surface area contributed by atoms with E-state index in [0.29, 0.717) is 24.3 Å². The Balaban J connectivity index is 2.85. The number of nitrogens with zero attached hydrogens (tertiary/aromatic N) is 2. The van der Waals surface area contributed by atoms with Crippen molar-refractivity contribution >= 4 is 5.95 Å². The summed E-state index contributed by atoms with van der Waals surface area (Å²) >= 11 is 0. The van der Waals surface area contributed by atoms with Crippen LogP contribution in [0.3, 0.4) is 0 Å². The van der Waals surface area contributed by atoms with Crippen LogP contribution >= 0.6 is 0 Å². The molecule has 0 aliphatic rings. The maximum atomic E-state index is 5.78. The predicted molar refractivity (Wildman–Crippen MR) is 64.5 cm³/mol. The summed E-state index contributed by atoms with van der Waals surface area (Å²) in [6, 6.07) is 1.71. The fourth-order valence-electron chi connectivity index (χ4n) is 1.20. The maximum absolute atomic E-state index is 5.78. The van der Waals surface area contributed by atoms with Crippen molar-refractivity contribution in [1.82, 2.24) is 9.97 Å². The largest absolute Gasteiger partial charge is 0.481 e. The van der Waals surface area contributed by atoms with Crippen LogP contribution < -0.4 is 15.8 Å². The number of hydrogen-bond donors (Lipinski definition) is 2. The number of nitrogens with two attached hydrogens (primary N) is 1. The van der Waals surface area contributed by atoms with Gasteiger partial charge in [0.05, 0.1) is 12.6 Å². The number of aromatic nitrogens is 2. The van der Waals surface area contributed by atoms with E-state index in [1.807, 2.05) is 0 Å². The summed E-state index contributed by atoms with van der Waals surface area (Å²) in [4.78, 5) is 8.35. The Labute approximate surface area is 96.4 Å².